The Bertz CT molecular complexity index is 971. The molecule has 3 aromatic carbocycles. The van der Waals surface area contributed by atoms with Crippen LogP contribution in [0.25, 0.3) is 10.8 Å². The van der Waals surface area contributed by atoms with E-state index in [2.05, 4.69) is 5.32 Å². The fraction of sp³-hybridized carbons (Fsp3) is 0.0526. The lowest BCUT2D eigenvalue weighted by atomic mass is 10.0. The van der Waals surface area contributed by atoms with Crippen LogP contribution in [-0.2, 0) is 11.2 Å². The number of carbonyl (C=O) groups is 2. The Morgan fingerprint density at radius 1 is 1.00 bits per heavy atom. The van der Waals surface area contributed by atoms with Gasteiger partial charge in [0.25, 0.3) is 0 Å². The van der Waals surface area contributed by atoms with Crippen molar-refractivity contribution in [2.75, 3.05) is 5.32 Å². The highest BCUT2D eigenvalue weighted by atomic mass is 35.5. The Kier molecular flexibility index (Phi) is 4.93. The van der Waals surface area contributed by atoms with Gasteiger partial charge in [0.2, 0.25) is 5.91 Å². The number of carbonyl (C=O) groups excluding carboxylic acids is 1. The number of benzene rings is 3. The largest absolute Gasteiger partial charge is 0.478 e. The molecule has 0 radical (unpaired) electrons. The maximum atomic E-state index is 12.4. The van der Waals surface area contributed by atoms with Crippen molar-refractivity contribution < 1.29 is 14.7 Å². The average Bonchev–Trinajstić information content (AvgIpc) is 2.54. The first-order valence-corrected chi connectivity index (χ1v) is 8.19. The lowest BCUT2D eigenvalue weighted by Crippen LogP contribution is -2.15. The molecule has 0 unspecified atom stereocenters. The van der Waals surface area contributed by atoms with E-state index >= 15 is 0 Å². The standard InChI is InChI=1S/C19H13Cl2NO3/c20-14-8-12-7-13(19(24)25)9-16(18(12)15(21)10-14)22-17(23)6-11-4-2-1-3-5-11/h1-5,7-10H,6H2,(H,22,23)(H,24,25). The van der Waals surface area contributed by atoms with E-state index in [-0.39, 0.29) is 17.9 Å². The van der Waals surface area contributed by atoms with E-state index in [1.54, 1.807) is 12.1 Å². The van der Waals surface area contributed by atoms with E-state index in [9.17, 15) is 14.7 Å². The normalized spacial score (nSPS) is 10.6. The van der Waals surface area contributed by atoms with Crippen LogP contribution in [-0.4, -0.2) is 17.0 Å². The SMILES string of the molecule is O=C(Cc1ccccc1)Nc1cc(C(=O)O)cc2cc(Cl)cc(Cl)c12. The molecule has 3 rings (SSSR count). The molecule has 0 saturated heterocycles. The molecule has 0 spiro atoms. The molecular formula is C19H13Cl2NO3. The zero-order chi connectivity index (χ0) is 18.0. The van der Waals surface area contributed by atoms with Crippen molar-refractivity contribution in [3.8, 4) is 0 Å². The fourth-order valence-electron chi connectivity index (χ4n) is 2.63. The van der Waals surface area contributed by atoms with Crippen LogP contribution in [0, 0.1) is 0 Å². The molecule has 3 aromatic rings. The van der Waals surface area contributed by atoms with Gasteiger partial charge in [-0.25, -0.2) is 4.79 Å². The summed E-state index contributed by atoms with van der Waals surface area (Å²) in [5.41, 5.74) is 1.24. The number of amides is 1. The second kappa shape index (κ2) is 7.13. The minimum absolute atomic E-state index is 0.0424. The highest BCUT2D eigenvalue weighted by molar-refractivity contribution is 6.40. The third-order valence-electron chi connectivity index (χ3n) is 3.69. The molecular weight excluding hydrogens is 361 g/mol. The van der Waals surface area contributed by atoms with Crippen LogP contribution in [0.4, 0.5) is 5.69 Å². The summed E-state index contributed by atoms with van der Waals surface area (Å²) >= 11 is 12.3. The van der Waals surface area contributed by atoms with E-state index in [1.165, 1.54) is 12.1 Å². The molecule has 126 valence electrons. The predicted octanol–water partition coefficient (Wildman–Crippen LogP) is 5.03. The van der Waals surface area contributed by atoms with Gasteiger partial charge in [0.15, 0.2) is 0 Å². The van der Waals surface area contributed by atoms with Gasteiger partial charge in [0.1, 0.15) is 0 Å². The minimum Gasteiger partial charge on any atom is -0.478 e. The van der Waals surface area contributed by atoms with Crippen molar-refractivity contribution in [1.82, 2.24) is 0 Å². The summed E-state index contributed by atoms with van der Waals surface area (Å²) in [7, 11) is 0. The highest BCUT2D eigenvalue weighted by Crippen LogP contribution is 2.34. The van der Waals surface area contributed by atoms with Crippen LogP contribution in [0.3, 0.4) is 0 Å². The van der Waals surface area contributed by atoms with Crippen LogP contribution in [0.2, 0.25) is 10.0 Å². The topological polar surface area (TPSA) is 66.4 Å². The molecule has 1 amide bonds. The first-order chi connectivity index (χ1) is 11.9. The summed E-state index contributed by atoms with van der Waals surface area (Å²) in [4.78, 5) is 23.7. The van der Waals surface area contributed by atoms with Gasteiger partial charge in [-0.05, 0) is 35.2 Å². The summed E-state index contributed by atoms with van der Waals surface area (Å²) in [6.07, 6.45) is 0.171. The van der Waals surface area contributed by atoms with Gasteiger partial charge in [-0.2, -0.15) is 0 Å². The summed E-state index contributed by atoms with van der Waals surface area (Å²) in [6.45, 7) is 0. The van der Waals surface area contributed by atoms with Gasteiger partial charge in [-0.1, -0.05) is 53.5 Å². The Hall–Kier alpha value is -2.56. The number of anilines is 1. The number of rotatable bonds is 4. The van der Waals surface area contributed by atoms with E-state index < -0.39 is 5.97 Å². The van der Waals surface area contributed by atoms with Crippen LogP contribution < -0.4 is 5.32 Å². The highest BCUT2D eigenvalue weighted by Gasteiger charge is 2.15. The number of hydrogen-bond donors (Lipinski definition) is 2. The van der Waals surface area contributed by atoms with Gasteiger partial charge >= 0.3 is 5.97 Å². The molecule has 0 bridgehead atoms. The van der Waals surface area contributed by atoms with Crippen LogP contribution in [0.15, 0.2) is 54.6 Å². The van der Waals surface area contributed by atoms with Crippen molar-refractivity contribution in [2.45, 2.75) is 6.42 Å². The quantitative estimate of drug-likeness (QED) is 0.674. The fourth-order valence-corrected chi connectivity index (χ4v) is 3.24. The van der Waals surface area contributed by atoms with Crippen LogP contribution in [0.1, 0.15) is 15.9 Å². The maximum Gasteiger partial charge on any atom is 0.335 e. The van der Waals surface area contributed by atoms with E-state index in [0.29, 0.717) is 26.5 Å². The lowest BCUT2D eigenvalue weighted by molar-refractivity contribution is -0.115. The number of hydrogen-bond acceptors (Lipinski definition) is 2. The third kappa shape index (κ3) is 3.92. The van der Waals surface area contributed by atoms with E-state index in [1.807, 2.05) is 30.3 Å². The first kappa shape index (κ1) is 17.3. The number of carboxylic acid groups (broad SMARTS) is 1. The minimum atomic E-state index is -1.10. The molecule has 0 aromatic heterocycles. The molecule has 2 N–H and O–H groups in total. The molecule has 0 aliphatic heterocycles. The molecule has 25 heavy (non-hydrogen) atoms. The molecule has 6 heteroatoms. The molecule has 4 nitrogen and oxygen atoms in total. The Labute approximate surface area is 154 Å². The van der Waals surface area contributed by atoms with E-state index in [0.717, 1.165) is 5.56 Å². The summed E-state index contributed by atoms with van der Waals surface area (Å²) < 4.78 is 0. The van der Waals surface area contributed by atoms with Gasteiger partial charge < -0.3 is 10.4 Å². The van der Waals surface area contributed by atoms with Crippen molar-refractivity contribution in [3.05, 3.63) is 75.8 Å². The molecule has 0 heterocycles. The van der Waals surface area contributed by atoms with Crippen molar-refractivity contribution in [3.63, 3.8) is 0 Å². The number of carboxylic acids is 1. The molecule has 0 fully saturated rings. The molecule has 0 atom stereocenters. The average molecular weight is 374 g/mol. The van der Waals surface area contributed by atoms with Gasteiger partial charge in [0.05, 0.1) is 22.7 Å². The zero-order valence-electron chi connectivity index (χ0n) is 12.9. The summed E-state index contributed by atoms with van der Waals surface area (Å²) in [5.74, 6) is -1.36. The Balaban J connectivity index is 2.02. The first-order valence-electron chi connectivity index (χ1n) is 7.44. The monoisotopic (exact) mass is 373 g/mol. The van der Waals surface area contributed by atoms with Crippen molar-refractivity contribution >= 4 is 51.5 Å². The van der Waals surface area contributed by atoms with Gasteiger partial charge in [-0.3, -0.25) is 4.79 Å². The molecule has 0 saturated carbocycles. The van der Waals surface area contributed by atoms with Gasteiger partial charge in [-0.15, -0.1) is 0 Å². The number of halogens is 2. The molecule has 0 aliphatic carbocycles. The zero-order valence-corrected chi connectivity index (χ0v) is 14.4. The lowest BCUT2D eigenvalue weighted by Gasteiger charge is -2.12. The maximum absolute atomic E-state index is 12.4. The number of fused-ring (bicyclic) bond motifs is 1. The van der Waals surface area contributed by atoms with Crippen LogP contribution in [0.5, 0.6) is 0 Å². The summed E-state index contributed by atoms with van der Waals surface area (Å²) in [6, 6.07) is 15.3. The smallest absolute Gasteiger partial charge is 0.335 e. The summed E-state index contributed by atoms with van der Waals surface area (Å²) in [5, 5.41) is 13.9. The van der Waals surface area contributed by atoms with E-state index in [4.69, 9.17) is 23.2 Å². The predicted molar refractivity (Wildman–Crippen MR) is 99.7 cm³/mol. The van der Waals surface area contributed by atoms with Crippen molar-refractivity contribution in [2.24, 2.45) is 0 Å². The molecule has 0 aliphatic rings. The van der Waals surface area contributed by atoms with Crippen molar-refractivity contribution in [1.29, 1.82) is 0 Å². The number of aromatic carboxylic acids is 1. The third-order valence-corrected chi connectivity index (χ3v) is 4.21. The Morgan fingerprint density at radius 3 is 2.40 bits per heavy atom. The Morgan fingerprint density at radius 2 is 1.72 bits per heavy atom. The number of nitrogens with one attached hydrogen (secondary N) is 1. The van der Waals surface area contributed by atoms with Gasteiger partial charge in [0, 0.05) is 10.4 Å². The van der Waals surface area contributed by atoms with Crippen LogP contribution >= 0.6 is 23.2 Å². The second-order valence-corrected chi connectivity index (χ2v) is 6.37. The second-order valence-electron chi connectivity index (χ2n) is 5.53.